The third kappa shape index (κ3) is 6.04. The van der Waals surface area contributed by atoms with Crippen molar-refractivity contribution in [2.45, 2.75) is 63.9 Å². The smallest absolute Gasteiger partial charge is 0.308 e. The highest BCUT2D eigenvalue weighted by atomic mass is 16.5. The van der Waals surface area contributed by atoms with Gasteiger partial charge in [-0.05, 0) is 80.4 Å². The Morgan fingerprint density at radius 3 is 2.76 bits per heavy atom. The van der Waals surface area contributed by atoms with E-state index in [1.165, 1.54) is 38.5 Å². The molecule has 1 aliphatic carbocycles. The highest BCUT2D eigenvalue weighted by Crippen LogP contribution is 2.34. The Morgan fingerprint density at radius 1 is 1.18 bits per heavy atom. The molecule has 2 heterocycles. The third-order valence-electron chi connectivity index (χ3n) is 7.89. The van der Waals surface area contributed by atoms with Gasteiger partial charge in [0, 0.05) is 18.1 Å². The van der Waals surface area contributed by atoms with Gasteiger partial charge in [-0.1, -0.05) is 32.1 Å². The number of carbonyl (C=O) groups is 1. The average Bonchev–Trinajstić information content (AvgIpc) is 2.86. The Morgan fingerprint density at radius 2 is 2.00 bits per heavy atom. The van der Waals surface area contributed by atoms with Gasteiger partial charge < -0.3 is 19.8 Å². The van der Waals surface area contributed by atoms with Gasteiger partial charge in [-0.25, -0.2) is 0 Å². The molecule has 0 radical (unpaired) electrons. The van der Waals surface area contributed by atoms with Crippen molar-refractivity contribution in [3.05, 3.63) is 36.0 Å². The molecule has 1 saturated carbocycles. The molecule has 33 heavy (non-hydrogen) atoms. The summed E-state index contributed by atoms with van der Waals surface area (Å²) in [6, 6.07) is 7.53. The van der Waals surface area contributed by atoms with Crippen LogP contribution in [0.1, 0.15) is 69.5 Å². The van der Waals surface area contributed by atoms with Gasteiger partial charge in [-0.3, -0.25) is 9.78 Å². The number of nitrogens with zero attached hydrogens (tertiary/aromatic N) is 2. The second-order valence-electron chi connectivity index (χ2n) is 9.96. The fourth-order valence-corrected chi connectivity index (χ4v) is 5.83. The molecule has 0 spiro atoms. The number of hydrogen-bond acceptors (Lipinski definition) is 5. The first-order valence-corrected chi connectivity index (χ1v) is 12.6. The Hall–Kier alpha value is -2.18. The summed E-state index contributed by atoms with van der Waals surface area (Å²) >= 11 is 0. The maximum Gasteiger partial charge on any atom is 0.308 e. The zero-order chi connectivity index (χ0) is 23.2. The molecule has 0 bridgehead atoms. The largest absolute Gasteiger partial charge is 0.497 e. The molecule has 2 N–H and O–H groups in total. The minimum absolute atomic E-state index is 0.103. The topological polar surface area (TPSA) is 82.9 Å². The lowest BCUT2D eigenvalue weighted by molar-refractivity contribution is -0.146. The van der Waals surface area contributed by atoms with Crippen molar-refractivity contribution < 1.29 is 19.7 Å². The summed E-state index contributed by atoms with van der Waals surface area (Å²) in [6.45, 7) is 2.62. The molecule has 180 valence electrons. The van der Waals surface area contributed by atoms with Crippen LogP contribution in [-0.2, 0) is 4.79 Å². The molecule has 6 nitrogen and oxygen atoms in total. The van der Waals surface area contributed by atoms with Gasteiger partial charge in [0.25, 0.3) is 0 Å². The third-order valence-corrected chi connectivity index (χ3v) is 7.89. The lowest BCUT2D eigenvalue weighted by Gasteiger charge is -2.37. The number of carboxylic acid groups (broad SMARTS) is 1. The van der Waals surface area contributed by atoms with Gasteiger partial charge in [-0.2, -0.15) is 0 Å². The predicted octanol–water partition coefficient (Wildman–Crippen LogP) is 5.05. The molecule has 1 aromatic heterocycles. The number of carboxylic acids is 1. The number of pyridine rings is 1. The highest BCUT2D eigenvalue weighted by Gasteiger charge is 2.34. The van der Waals surface area contributed by atoms with Crippen molar-refractivity contribution in [1.82, 2.24) is 9.88 Å². The lowest BCUT2D eigenvalue weighted by atomic mass is 9.80. The van der Waals surface area contributed by atoms with Crippen LogP contribution in [-0.4, -0.2) is 52.8 Å². The summed E-state index contributed by atoms with van der Waals surface area (Å²) in [6.07, 6.45) is 11.2. The van der Waals surface area contributed by atoms with Crippen LogP contribution in [0, 0.1) is 17.8 Å². The molecule has 1 aliphatic heterocycles. The second-order valence-corrected chi connectivity index (χ2v) is 9.96. The van der Waals surface area contributed by atoms with Gasteiger partial charge in [0.2, 0.25) is 0 Å². The number of benzene rings is 1. The number of rotatable bonds is 9. The first-order valence-electron chi connectivity index (χ1n) is 12.6. The number of fused-ring (bicyclic) bond motifs is 1. The first-order chi connectivity index (χ1) is 16.0. The monoisotopic (exact) mass is 454 g/mol. The van der Waals surface area contributed by atoms with Crippen LogP contribution in [0.15, 0.2) is 30.5 Å². The van der Waals surface area contributed by atoms with Crippen LogP contribution in [0.5, 0.6) is 5.75 Å². The molecule has 0 amide bonds. The molecular weight excluding hydrogens is 416 g/mol. The van der Waals surface area contributed by atoms with Gasteiger partial charge in [0.15, 0.2) is 0 Å². The molecule has 2 fully saturated rings. The molecule has 1 aromatic carbocycles. The number of ether oxygens (including phenoxy) is 1. The summed E-state index contributed by atoms with van der Waals surface area (Å²) < 4.78 is 5.34. The Kier molecular flexibility index (Phi) is 8.20. The molecule has 3 atom stereocenters. The number of aromatic nitrogens is 1. The van der Waals surface area contributed by atoms with E-state index >= 15 is 0 Å². The van der Waals surface area contributed by atoms with Crippen LogP contribution in [0.3, 0.4) is 0 Å². The Balaban J connectivity index is 1.34. The van der Waals surface area contributed by atoms with Crippen LogP contribution in [0.2, 0.25) is 0 Å². The fourth-order valence-electron chi connectivity index (χ4n) is 5.83. The normalized spacial score (nSPS) is 23.5. The van der Waals surface area contributed by atoms with E-state index in [2.05, 4.69) is 9.88 Å². The SMILES string of the molecule is COc1ccc2nccc(C(O)CC[C@@H]3CCN(CCC4CCCCC4)C[C@@H]3C(=O)O)c2c1. The minimum atomic E-state index is -0.698. The minimum Gasteiger partial charge on any atom is -0.497 e. The number of aliphatic hydroxyl groups excluding tert-OH is 1. The van der Waals surface area contributed by atoms with Gasteiger partial charge >= 0.3 is 5.97 Å². The van der Waals surface area contributed by atoms with Crippen molar-refractivity contribution in [3.63, 3.8) is 0 Å². The summed E-state index contributed by atoms with van der Waals surface area (Å²) in [4.78, 5) is 18.8. The van der Waals surface area contributed by atoms with Crippen LogP contribution in [0.25, 0.3) is 10.9 Å². The van der Waals surface area contributed by atoms with Crippen molar-refractivity contribution in [1.29, 1.82) is 0 Å². The van der Waals surface area contributed by atoms with E-state index in [0.717, 1.165) is 47.6 Å². The number of methoxy groups -OCH3 is 1. The Labute approximate surface area is 197 Å². The predicted molar refractivity (Wildman–Crippen MR) is 129 cm³/mol. The van der Waals surface area contributed by atoms with E-state index in [1.807, 2.05) is 24.3 Å². The van der Waals surface area contributed by atoms with Crippen LogP contribution in [0.4, 0.5) is 0 Å². The number of likely N-dealkylation sites (tertiary alicyclic amines) is 1. The van der Waals surface area contributed by atoms with Crippen molar-refractivity contribution >= 4 is 16.9 Å². The average molecular weight is 455 g/mol. The molecule has 1 saturated heterocycles. The zero-order valence-electron chi connectivity index (χ0n) is 19.8. The number of piperidine rings is 1. The van der Waals surface area contributed by atoms with Gasteiger partial charge in [-0.15, -0.1) is 0 Å². The summed E-state index contributed by atoms with van der Waals surface area (Å²) in [5.41, 5.74) is 1.65. The summed E-state index contributed by atoms with van der Waals surface area (Å²) in [5.74, 6) is 0.604. The van der Waals surface area contributed by atoms with Crippen molar-refractivity contribution in [2.24, 2.45) is 17.8 Å². The van der Waals surface area contributed by atoms with Crippen molar-refractivity contribution in [2.75, 3.05) is 26.7 Å². The second kappa shape index (κ2) is 11.3. The zero-order valence-corrected chi connectivity index (χ0v) is 19.8. The quantitative estimate of drug-likeness (QED) is 0.552. The molecule has 6 heteroatoms. The Bertz CT molecular complexity index is 927. The first kappa shape index (κ1) is 24.0. The van der Waals surface area contributed by atoms with E-state index < -0.39 is 12.1 Å². The van der Waals surface area contributed by atoms with Crippen LogP contribution >= 0.6 is 0 Å². The lowest BCUT2D eigenvalue weighted by Crippen LogP contribution is -2.44. The van der Waals surface area contributed by atoms with E-state index in [0.29, 0.717) is 19.4 Å². The summed E-state index contributed by atoms with van der Waals surface area (Å²) in [5, 5.41) is 21.8. The van der Waals surface area contributed by atoms with E-state index in [-0.39, 0.29) is 11.8 Å². The number of aliphatic carboxylic acids is 1. The molecular formula is C27H38N2O4. The molecule has 1 unspecified atom stereocenters. The maximum atomic E-state index is 12.1. The fraction of sp³-hybridized carbons (Fsp3) is 0.630. The van der Waals surface area contributed by atoms with Gasteiger partial charge in [0.05, 0.1) is 24.6 Å². The number of aliphatic hydroxyl groups is 1. The molecule has 2 aromatic rings. The van der Waals surface area contributed by atoms with Crippen molar-refractivity contribution in [3.8, 4) is 5.75 Å². The highest BCUT2D eigenvalue weighted by molar-refractivity contribution is 5.83. The van der Waals surface area contributed by atoms with E-state index in [9.17, 15) is 15.0 Å². The standard InChI is InChI=1S/C27H38N2O4/c1-33-21-8-9-25-23(17-21)22(11-14-28-25)26(30)10-7-20-13-16-29(18-24(20)27(31)32)15-12-19-5-3-2-4-6-19/h8-9,11,14,17,19-20,24,26,30H,2-7,10,12-13,15-16,18H2,1H3,(H,31,32)/t20-,24+,26?/m1/s1. The molecule has 4 rings (SSSR count). The van der Waals surface area contributed by atoms with Crippen LogP contribution < -0.4 is 4.74 Å². The molecule has 2 aliphatic rings. The number of hydrogen-bond donors (Lipinski definition) is 2. The van der Waals surface area contributed by atoms with E-state index in [4.69, 9.17) is 4.74 Å². The van der Waals surface area contributed by atoms with Gasteiger partial charge in [0.1, 0.15) is 5.75 Å². The summed E-state index contributed by atoms with van der Waals surface area (Å²) in [7, 11) is 1.63. The van der Waals surface area contributed by atoms with E-state index in [1.54, 1.807) is 13.3 Å². The maximum absolute atomic E-state index is 12.1.